The summed E-state index contributed by atoms with van der Waals surface area (Å²) in [6.45, 7) is 2.26. The molecule has 1 rings (SSSR count). The Bertz CT molecular complexity index is 641. The molecule has 38 heavy (non-hydrogen) atoms. The zero-order valence-corrected chi connectivity index (χ0v) is 22.9. The molecule has 1 heterocycles. The molecule has 4 amide bonds. The second-order valence-corrected chi connectivity index (χ2v) is 7.18. The van der Waals surface area contributed by atoms with Crippen LogP contribution in [0.3, 0.4) is 0 Å². The minimum absolute atomic E-state index is 0.0581. The van der Waals surface area contributed by atoms with Crippen molar-refractivity contribution in [1.29, 1.82) is 0 Å². The first-order valence-corrected chi connectivity index (χ1v) is 12.1. The van der Waals surface area contributed by atoms with E-state index in [4.69, 9.17) is 30.6 Å². The van der Waals surface area contributed by atoms with Crippen LogP contribution >= 0.6 is 0 Å². The molecule has 0 aromatic heterocycles. The second kappa shape index (κ2) is 32.1. The maximum Gasteiger partial charge on any atom is 0.322 e. The van der Waals surface area contributed by atoms with Crippen LogP contribution in [0.15, 0.2) is 12.2 Å². The van der Waals surface area contributed by atoms with E-state index in [1.54, 1.807) is 0 Å². The number of rotatable bonds is 15. The lowest BCUT2D eigenvalue weighted by atomic mass is 10.1. The number of nitrogens with zero attached hydrogens (tertiary/aromatic N) is 1. The molecular formula is C24H47N3O11. The Balaban J connectivity index is -0.000000266. The fourth-order valence-electron chi connectivity index (χ4n) is 2.60. The number of carbonyl (C=O) groups is 5. The Labute approximate surface area is 224 Å². The van der Waals surface area contributed by atoms with Crippen LogP contribution in [-0.4, -0.2) is 119 Å². The van der Waals surface area contributed by atoms with Gasteiger partial charge in [0.05, 0.1) is 12.7 Å². The first kappa shape index (κ1) is 42.2. The van der Waals surface area contributed by atoms with E-state index >= 15 is 0 Å². The van der Waals surface area contributed by atoms with Crippen LogP contribution < -0.4 is 10.6 Å². The number of aliphatic hydroxyl groups excluding tert-OH is 5. The number of nitrogens with one attached hydrogen (secondary N) is 2. The summed E-state index contributed by atoms with van der Waals surface area (Å²) < 4.78 is 0. The van der Waals surface area contributed by atoms with Crippen molar-refractivity contribution < 1.29 is 54.6 Å². The minimum atomic E-state index is -1.08. The molecule has 0 fully saturated rings. The highest BCUT2D eigenvalue weighted by molar-refractivity contribution is 6.12. The number of carboxylic acids is 1. The first-order valence-electron chi connectivity index (χ1n) is 12.1. The van der Waals surface area contributed by atoms with Gasteiger partial charge >= 0.3 is 5.97 Å². The monoisotopic (exact) mass is 553 g/mol. The Morgan fingerprint density at radius 1 is 0.842 bits per heavy atom. The van der Waals surface area contributed by atoms with E-state index < -0.39 is 12.1 Å². The molecule has 0 radical (unpaired) electrons. The summed E-state index contributed by atoms with van der Waals surface area (Å²) in [5.74, 6) is -1.93. The van der Waals surface area contributed by atoms with Crippen molar-refractivity contribution in [3.8, 4) is 0 Å². The van der Waals surface area contributed by atoms with Crippen molar-refractivity contribution in [1.82, 2.24) is 15.5 Å². The summed E-state index contributed by atoms with van der Waals surface area (Å²) in [5, 5.41) is 51.8. The molecule has 0 saturated carbocycles. The summed E-state index contributed by atoms with van der Waals surface area (Å²) in [4.78, 5) is 55.7. The number of unbranched alkanes of at least 4 members (excludes halogenated alkanes) is 3. The van der Waals surface area contributed by atoms with Gasteiger partial charge < -0.3 is 41.3 Å². The Hall–Kier alpha value is -2.91. The number of hydrogen-bond donors (Lipinski definition) is 8. The predicted octanol–water partition coefficient (Wildman–Crippen LogP) is -1.47. The highest BCUT2D eigenvalue weighted by atomic mass is 16.4. The van der Waals surface area contributed by atoms with Gasteiger partial charge in [0, 0.05) is 59.4 Å². The molecule has 1 unspecified atom stereocenters. The van der Waals surface area contributed by atoms with Crippen LogP contribution in [-0.2, 0) is 24.0 Å². The van der Waals surface area contributed by atoms with Gasteiger partial charge in [0.1, 0.15) is 6.54 Å². The van der Waals surface area contributed by atoms with E-state index in [9.17, 15) is 24.0 Å². The molecule has 8 N–H and O–H groups in total. The first-order chi connectivity index (χ1) is 18.2. The number of imide groups is 1. The molecule has 1 aliphatic heterocycles. The molecule has 14 nitrogen and oxygen atoms in total. The Morgan fingerprint density at radius 3 is 1.87 bits per heavy atom. The topological polar surface area (TPSA) is 234 Å². The minimum Gasteiger partial charge on any atom is -0.480 e. The van der Waals surface area contributed by atoms with Crippen LogP contribution in [0.4, 0.5) is 0 Å². The molecule has 0 aromatic carbocycles. The SMILES string of the molecule is CCC(=O)NCCCCC(O)CO.CO.CO.CO.O=C(O)CNC(=O)CCCCCN1C(=O)C=CC1=O. The quantitative estimate of drug-likeness (QED) is 0.0861. The molecule has 224 valence electrons. The smallest absolute Gasteiger partial charge is 0.322 e. The lowest BCUT2D eigenvalue weighted by molar-refractivity contribution is -0.138. The fourth-order valence-corrected chi connectivity index (χ4v) is 2.60. The fraction of sp³-hybridized carbons (Fsp3) is 0.708. The average Bonchev–Trinajstić information content (AvgIpc) is 3.27. The second-order valence-electron chi connectivity index (χ2n) is 7.18. The molecule has 0 aliphatic carbocycles. The van der Waals surface area contributed by atoms with Gasteiger partial charge in [-0.25, -0.2) is 0 Å². The van der Waals surface area contributed by atoms with Crippen molar-refractivity contribution in [3.63, 3.8) is 0 Å². The number of carboxylic acid groups (broad SMARTS) is 1. The number of aliphatic hydroxyl groups is 5. The van der Waals surface area contributed by atoms with E-state index in [0.29, 0.717) is 45.2 Å². The van der Waals surface area contributed by atoms with Gasteiger partial charge in [-0.15, -0.1) is 0 Å². The molecule has 0 spiro atoms. The van der Waals surface area contributed by atoms with Crippen LogP contribution in [0.5, 0.6) is 0 Å². The predicted molar refractivity (Wildman–Crippen MR) is 140 cm³/mol. The lowest BCUT2D eigenvalue weighted by Gasteiger charge is -2.12. The Morgan fingerprint density at radius 2 is 1.39 bits per heavy atom. The van der Waals surface area contributed by atoms with Crippen molar-refractivity contribution in [2.24, 2.45) is 0 Å². The summed E-state index contributed by atoms with van der Waals surface area (Å²) >= 11 is 0. The van der Waals surface area contributed by atoms with E-state index in [-0.39, 0.29) is 43.2 Å². The van der Waals surface area contributed by atoms with E-state index in [0.717, 1.165) is 39.1 Å². The van der Waals surface area contributed by atoms with Gasteiger partial charge in [0.15, 0.2) is 0 Å². The van der Waals surface area contributed by atoms with Crippen molar-refractivity contribution in [3.05, 3.63) is 12.2 Å². The highest BCUT2D eigenvalue weighted by Gasteiger charge is 2.22. The largest absolute Gasteiger partial charge is 0.480 e. The molecule has 14 heteroatoms. The molecular weight excluding hydrogens is 506 g/mol. The van der Waals surface area contributed by atoms with Gasteiger partial charge in [0.2, 0.25) is 11.8 Å². The average molecular weight is 554 g/mol. The van der Waals surface area contributed by atoms with Gasteiger partial charge in [-0.1, -0.05) is 13.3 Å². The number of aliphatic carboxylic acids is 1. The third-order valence-electron chi connectivity index (χ3n) is 4.44. The van der Waals surface area contributed by atoms with Crippen LogP contribution in [0.25, 0.3) is 0 Å². The van der Waals surface area contributed by atoms with Gasteiger partial charge in [0.25, 0.3) is 11.8 Å². The van der Waals surface area contributed by atoms with E-state index in [1.165, 1.54) is 12.2 Å². The van der Waals surface area contributed by atoms with Crippen molar-refractivity contribution in [2.45, 2.75) is 64.4 Å². The summed E-state index contributed by atoms with van der Waals surface area (Å²) in [5.41, 5.74) is 0. The van der Waals surface area contributed by atoms with E-state index in [2.05, 4.69) is 10.6 Å². The Kier molecular flexibility index (Phi) is 35.7. The molecule has 0 aromatic rings. The maximum absolute atomic E-state index is 11.2. The standard InChI is InChI=1S/C12H16N2O5.C9H19NO3.3CH4O/c15-9(13-8-12(18)19)4-2-1-3-7-14-10(16)5-6-11(14)17;1-2-9(13)10-6-4-3-5-8(12)7-11;3*1-2/h5-6H,1-4,7-8H2,(H,13,15)(H,18,19);8,11-12H,2-7H2,1H3,(H,10,13);3*2H,1H3. The van der Waals surface area contributed by atoms with Gasteiger partial charge in [-0.2, -0.15) is 0 Å². The number of amides is 4. The lowest BCUT2D eigenvalue weighted by Crippen LogP contribution is -2.31. The van der Waals surface area contributed by atoms with E-state index in [1.807, 2.05) is 6.92 Å². The number of carbonyl (C=O) groups excluding carboxylic acids is 4. The zero-order chi connectivity index (χ0) is 30.4. The molecule has 1 aliphatic rings. The summed E-state index contributed by atoms with van der Waals surface area (Å²) in [6, 6.07) is 0. The zero-order valence-electron chi connectivity index (χ0n) is 22.9. The van der Waals surface area contributed by atoms with Gasteiger partial charge in [-0.3, -0.25) is 28.9 Å². The highest BCUT2D eigenvalue weighted by Crippen LogP contribution is 2.07. The summed E-state index contributed by atoms with van der Waals surface area (Å²) in [7, 11) is 3.00. The number of hydrogen-bond acceptors (Lipinski definition) is 10. The van der Waals surface area contributed by atoms with Crippen LogP contribution in [0, 0.1) is 0 Å². The maximum atomic E-state index is 11.2. The third-order valence-corrected chi connectivity index (χ3v) is 4.44. The molecule has 1 atom stereocenters. The van der Waals surface area contributed by atoms with Gasteiger partial charge in [-0.05, 0) is 32.1 Å². The molecule has 0 saturated heterocycles. The van der Waals surface area contributed by atoms with Crippen LogP contribution in [0.1, 0.15) is 58.3 Å². The van der Waals surface area contributed by atoms with Crippen molar-refractivity contribution >= 4 is 29.6 Å². The van der Waals surface area contributed by atoms with Crippen molar-refractivity contribution in [2.75, 3.05) is 47.6 Å². The molecule has 0 bridgehead atoms. The summed E-state index contributed by atoms with van der Waals surface area (Å²) in [6.07, 6.45) is 6.81. The normalized spacial score (nSPS) is 11.8. The van der Waals surface area contributed by atoms with Crippen LogP contribution in [0.2, 0.25) is 0 Å². The third kappa shape index (κ3) is 27.7.